The maximum atomic E-state index is 11.6. The first-order valence-electron chi connectivity index (χ1n) is 7.00. The molecule has 2 N–H and O–H groups in total. The highest BCUT2D eigenvalue weighted by molar-refractivity contribution is 5.68. The molecule has 1 aromatic rings. The van der Waals surface area contributed by atoms with Crippen molar-refractivity contribution in [3.8, 4) is 0 Å². The van der Waals surface area contributed by atoms with Crippen LogP contribution in [-0.4, -0.2) is 48.8 Å². The average Bonchev–Trinajstić information content (AvgIpc) is 2.48. The summed E-state index contributed by atoms with van der Waals surface area (Å²) in [6.07, 6.45) is 1.62. The largest absolute Gasteiger partial charge is 0.450 e. The first-order chi connectivity index (χ1) is 9.61. The summed E-state index contributed by atoms with van der Waals surface area (Å²) < 4.78 is 5.01. The van der Waals surface area contributed by atoms with E-state index >= 15 is 0 Å². The number of piperazine rings is 1. The molecule has 6 nitrogen and oxygen atoms in total. The van der Waals surface area contributed by atoms with Crippen LogP contribution in [0.4, 0.5) is 10.5 Å². The van der Waals surface area contributed by atoms with Crippen LogP contribution in [0.2, 0.25) is 0 Å². The zero-order chi connectivity index (χ0) is 14.5. The third-order valence-corrected chi connectivity index (χ3v) is 3.41. The second kappa shape index (κ2) is 6.56. The number of aromatic nitrogens is 1. The van der Waals surface area contributed by atoms with E-state index in [1.54, 1.807) is 4.90 Å². The normalized spacial score (nSPS) is 16.9. The summed E-state index contributed by atoms with van der Waals surface area (Å²) in [6.45, 7) is 7.08. The maximum Gasteiger partial charge on any atom is 0.409 e. The number of hydrogen-bond donors (Lipinski definition) is 1. The molecule has 0 saturated carbocycles. The number of amides is 1. The Hall–Kier alpha value is -1.82. The number of nitrogens with two attached hydrogens (primary N) is 1. The Balaban J connectivity index is 1.91. The maximum absolute atomic E-state index is 11.6. The molecule has 2 heterocycles. The number of carbonyl (C=O) groups is 1. The Morgan fingerprint density at radius 3 is 2.60 bits per heavy atom. The lowest BCUT2D eigenvalue weighted by molar-refractivity contribution is 0.105. The highest BCUT2D eigenvalue weighted by Crippen LogP contribution is 2.17. The summed E-state index contributed by atoms with van der Waals surface area (Å²) in [4.78, 5) is 19.9. The smallest absolute Gasteiger partial charge is 0.409 e. The lowest BCUT2D eigenvalue weighted by Crippen LogP contribution is -2.49. The van der Waals surface area contributed by atoms with Crippen LogP contribution in [0, 0.1) is 0 Å². The summed E-state index contributed by atoms with van der Waals surface area (Å²) in [5.41, 5.74) is 7.74. The molecule has 110 valence electrons. The zero-order valence-electron chi connectivity index (χ0n) is 12.1. The topological polar surface area (TPSA) is 71.7 Å². The summed E-state index contributed by atoms with van der Waals surface area (Å²) in [7, 11) is 0. The van der Waals surface area contributed by atoms with Gasteiger partial charge in [-0.15, -0.1) is 0 Å². The molecule has 0 aromatic carbocycles. The van der Waals surface area contributed by atoms with Crippen molar-refractivity contribution >= 4 is 11.8 Å². The van der Waals surface area contributed by atoms with Gasteiger partial charge in [-0.3, -0.25) is 4.98 Å². The first-order valence-corrected chi connectivity index (χ1v) is 7.00. The van der Waals surface area contributed by atoms with Gasteiger partial charge in [-0.2, -0.15) is 0 Å². The fraction of sp³-hybridized carbons (Fsp3) is 0.571. The van der Waals surface area contributed by atoms with Crippen LogP contribution in [-0.2, 0) is 4.74 Å². The van der Waals surface area contributed by atoms with Crippen molar-refractivity contribution in [2.24, 2.45) is 5.73 Å². The van der Waals surface area contributed by atoms with Gasteiger partial charge in [0.15, 0.2) is 0 Å². The van der Waals surface area contributed by atoms with Gasteiger partial charge in [-0.25, -0.2) is 4.79 Å². The SMILES string of the molecule is CCOC(=O)N1CCN(c2ccc([C@H](C)N)nc2)CC1. The lowest BCUT2D eigenvalue weighted by Gasteiger charge is -2.35. The quantitative estimate of drug-likeness (QED) is 0.904. The van der Waals surface area contributed by atoms with E-state index in [1.807, 2.05) is 32.2 Å². The minimum atomic E-state index is -0.224. The van der Waals surface area contributed by atoms with E-state index in [1.165, 1.54) is 0 Å². The van der Waals surface area contributed by atoms with Crippen molar-refractivity contribution in [1.29, 1.82) is 0 Å². The molecule has 6 heteroatoms. The van der Waals surface area contributed by atoms with E-state index in [9.17, 15) is 4.79 Å². The molecule has 1 amide bonds. The highest BCUT2D eigenvalue weighted by Gasteiger charge is 2.22. The Bertz CT molecular complexity index is 439. The van der Waals surface area contributed by atoms with Gasteiger partial charge in [0, 0.05) is 32.2 Å². The third kappa shape index (κ3) is 3.39. The first kappa shape index (κ1) is 14.6. The van der Waals surface area contributed by atoms with Gasteiger partial charge >= 0.3 is 6.09 Å². The van der Waals surface area contributed by atoms with Crippen molar-refractivity contribution in [1.82, 2.24) is 9.88 Å². The monoisotopic (exact) mass is 278 g/mol. The van der Waals surface area contributed by atoms with Crippen LogP contribution in [0.3, 0.4) is 0 Å². The molecule has 1 aliphatic heterocycles. The van der Waals surface area contributed by atoms with E-state index in [0.29, 0.717) is 19.7 Å². The number of rotatable bonds is 3. The minimum absolute atomic E-state index is 0.0512. The summed E-state index contributed by atoms with van der Waals surface area (Å²) in [6, 6.07) is 3.94. The van der Waals surface area contributed by atoms with Crippen LogP contribution in [0.15, 0.2) is 18.3 Å². The number of ether oxygens (including phenoxy) is 1. The number of carbonyl (C=O) groups excluding carboxylic acids is 1. The van der Waals surface area contributed by atoms with Crippen LogP contribution in [0.25, 0.3) is 0 Å². The summed E-state index contributed by atoms with van der Waals surface area (Å²) in [5, 5.41) is 0. The van der Waals surface area contributed by atoms with Crippen LogP contribution < -0.4 is 10.6 Å². The number of anilines is 1. The molecule has 0 unspecified atom stereocenters. The molecule has 0 spiro atoms. The number of nitrogens with zero attached hydrogens (tertiary/aromatic N) is 3. The van der Waals surface area contributed by atoms with E-state index in [0.717, 1.165) is 24.5 Å². The molecule has 1 aliphatic rings. The van der Waals surface area contributed by atoms with Crippen molar-refractivity contribution < 1.29 is 9.53 Å². The molecular weight excluding hydrogens is 256 g/mol. The molecule has 0 aliphatic carbocycles. The Morgan fingerprint density at radius 1 is 1.40 bits per heavy atom. The predicted octanol–water partition coefficient (Wildman–Crippen LogP) is 1.38. The zero-order valence-corrected chi connectivity index (χ0v) is 12.1. The lowest BCUT2D eigenvalue weighted by atomic mass is 10.2. The molecular formula is C14H22N4O2. The van der Waals surface area contributed by atoms with E-state index < -0.39 is 0 Å². The second-order valence-electron chi connectivity index (χ2n) is 4.90. The van der Waals surface area contributed by atoms with Gasteiger partial charge < -0.3 is 20.3 Å². The second-order valence-corrected chi connectivity index (χ2v) is 4.90. The number of pyridine rings is 1. The molecule has 1 aromatic heterocycles. The Morgan fingerprint density at radius 2 is 2.10 bits per heavy atom. The molecule has 1 saturated heterocycles. The minimum Gasteiger partial charge on any atom is -0.450 e. The van der Waals surface area contributed by atoms with Crippen LogP contribution in [0.5, 0.6) is 0 Å². The van der Waals surface area contributed by atoms with Gasteiger partial charge in [-0.1, -0.05) is 0 Å². The standard InChI is InChI=1S/C14H22N4O2/c1-3-20-14(19)18-8-6-17(7-9-18)12-4-5-13(11(2)15)16-10-12/h4-5,10-11H,3,6-9,15H2,1-2H3/t11-/m0/s1. The fourth-order valence-corrected chi connectivity index (χ4v) is 2.22. The highest BCUT2D eigenvalue weighted by atomic mass is 16.6. The van der Waals surface area contributed by atoms with Crippen molar-refractivity contribution in [2.45, 2.75) is 19.9 Å². The van der Waals surface area contributed by atoms with E-state index in [-0.39, 0.29) is 12.1 Å². The van der Waals surface area contributed by atoms with Gasteiger partial charge in [0.25, 0.3) is 0 Å². The Labute approximate surface area is 119 Å². The predicted molar refractivity (Wildman–Crippen MR) is 77.6 cm³/mol. The van der Waals surface area contributed by atoms with E-state index in [2.05, 4.69) is 9.88 Å². The van der Waals surface area contributed by atoms with Crippen molar-refractivity contribution in [3.05, 3.63) is 24.0 Å². The van der Waals surface area contributed by atoms with Gasteiger partial charge in [0.2, 0.25) is 0 Å². The van der Waals surface area contributed by atoms with E-state index in [4.69, 9.17) is 10.5 Å². The molecule has 2 rings (SSSR count). The fourth-order valence-electron chi connectivity index (χ4n) is 2.22. The van der Waals surface area contributed by atoms with Gasteiger partial charge in [0.05, 0.1) is 24.2 Å². The van der Waals surface area contributed by atoms with Crippen LogP contribution in [0.1, 0.15) is 25.6 Å². The molecule has 20 heavy (non-hydrogen) atoms. The summed E-state index contributed by atoms with van der Waals surface area (Å²) in [5.74, 6) is 0. The third-order valence-electron chi connectivity index (χ3n) is 3.41. The Kier molecular flexibility index (Phi) is 4.79. The summed E-state index contributed by atoms with van der Waals surface area (Å²) >= 11 is 0. The average molecular weight is 278 g/mol. The molecule has 0 radical (unpaired) electrons. The van der Waals surface area contributed by atoms with Gasteiger partial charge in [0.1, 0.15) is 0 Å². The molecule has 1 atom stereocenters. The van der Waals surface area contributed by atoms with Crippen LogP contribution >= 0.6 is 0 Å². The number of hydrogen-bond acceptors (Lipinski definition) is 5. The van der Waals surface area contributed by atoms with Crippen molar-refractivity contribution in [3.63, 3.8) is 0 Å². The van der Waals surface area contributed by atoms with Crippen molar-refractivity contribution in [2.75, 3.05) is 37.7 Å². The molecule has 1 fully saturated rings. The molecule has 0 bridgehead atoms. The van der Waals surface area contributed by atoms with Gasteiger partial charge in [-0.05, 0) is 26.0 Å².